The number of hydrogen-bond donors (Lipinski definition) is 3. The summed E-state index contributed by atoms with van der Waals surface area (Å²) in [6, 6.07) is 11.1. The van der Waals surface area contributed by atoms with Gasteiger partial charge in [0.1, 0.15) is 5.75 Å². The van der Waals surface area contributed by atoms with Crippen molar-refractivity contribution in [2.24, 2.45) is 0 Å². The van der Waals surface area contributed by atoms with E-state index in [0.717, 1.165) is 0 Å². The van der Waals surface area contributed by atoms with Crippen LogP contribution in [0.15, 0.2) is 57.0 Å². The molecule has 0 saturated heterocycles. The zero-order valence-electron chi connectivity index (χ0n) is 13.5. The van der Waals surface area contributed by atoms with E-state index in [0.29, 0.717) is 25.8 Å². The molecule has 0 radical (unpaired) electrons. The fourth-order valence-corrected chi connectivity index (χ4v) is 3.95. The van der Waals surface area contributed by atoms with Crippen LogP contribution in [0.25, 0.3) is 5.70 Å². The van der Waals surface area contributed by atoms with E-state index in [4.69, 9.17) is 4.74 Å². The number of esters is 1. The van der Waals surface area contributed by atoms with E-state index < -0.39 is 18.0 Å². The topological polar surface area (TPSA) is 87.7 Å². The molecule has 0 aliphatic carbocycles. The third kappa shape index (κ3) is 3.47. The summed E-state index contributed by atoms with van der Waals surface area (Å²) in [7, 11) is 1.29. The molecule has 0 spiro atoms. The summed E-state index contributed by atoms with van der Waals surface area (Å²) in [5.74, 6) is -0.539. The molecule has 3 rings (SSSR count). The van der Waals surface area contributed by atoms with Gasteiger partial charge >= 0.3 is 12.0 Å². The fraction of sp³-hybridized carbons (Fsp3) is 0.111. The molecule has 6 nitrogen and oxygen atoms in total. The molecule has 2 aromatic carbocycles. The summed E-state index contributed by atoms with van der Waals surface area (Å²) in [4.78, 5) is 24.8. The lowest BCUT2D eigenvalue weighted by Crippen LogP contribution is -2.45. The minimum Gasteiger partial charge on any atom is -0.506 e. The maximum atomic E-state index is 12.5. The quantitative estimate of drug-likeness (QED) is 0.581. The van der Waals surface area contributed by atoms with Gasteiger partial charge in [-0.1, -0.05) is 30.3 Å². The first kappa shape index (κ1) is 18.5. The third-order valence-corrected chi connectivity index (χ3v) is 5.12. The second kappa shape index (κ2) is 7.51. The molecule has 0 bridgehead atoms. The Labute approximate surface area is 166 Å². The Balaban J connectivity index is 2.22. The van der Waals surface area contributed by atoms with E-state index >= 15 is 0 Å². The highest BCUT2D eigenvalue weighted by atomic mass is 79.9. The predicted molar refractivity (Wildman–Crippen MR) is 103 cm³/mol. The summed E-state index contributed by atoms with van der Waals surface area (Å²) < 4.78 is 5.81. The van der Waals surface area contributed by atoms with E-state index in [1.165, 1.54) is 7.11 Å². The lowest BCUT2D eigenvalue weighted by Gasteiger charge is -2.29. The Hall–Kier alpha value is -2.32. The molecule has 1 aliphatic heterocycles. The first-order valence-corrected chi connectivity index (χ1v) is 9.14. The lowest BCUT2D eigenvalue weighted by molar-refractivity contribution is -0.136. The van der Waals surface area contributed by atoms with Gasteiger partial charge in [-0.05, 0) is 55.1 Å². The number of hydrogen-bond acceptors (Lipinski definition) is 4. The smallest absolute Gasteiger partial charge is 0.338 e. The molecule has 0 fully saturated rings. The van der Waals surface area contributed by atoms with Crippen LogP contribution in [0, 0.1) is 0 Å². The number of nitrogens with one attached hydrogen (secondary N) is 2. The van der Waals surface area contributed by atoms with Crippen molar-refractivity contribution in [3.8, 4) is 5.75 Å². The van der Waals surface area contributed by atoms with Crippen molar-refractivity contribution in [3.05, 3.63) is 68.1 Å². The summed E-state index contributed by atoms with van der Waals surface area (Å²) in [5, 5.41) is 15.4. The summed E-state index contributed by atoms with van der Waals surface area (Å²) in [6.45, 7) is 0. The van der Waals surface area contributed by atoms with Crippen LogP contribution < -0.4 is 10.6 Å². The summed E-state index contributed by atoms with van der Waals surface area (Å²) in [5.41, 5.74) is 1.93. The number of phenols is 1. The van der Waals surface area contributed by atoms with Gasteiger partial charge in [-0.3, -0.25) is 0 Å². The van der Waals surface area contributed by atoms with E-state index in [1.54, 1.807) is 24.3 Å². The van der Waals surface area contributed by atoms with Gasteiger partial charge in [-0.15, -0.1) is 0 Å². The van der Waals surface area contributed by atoms with Gasteiger partial charge in [0.25, 0.3) is 0 Å². The van der Waals surface area contributed by atoms with Crippen LogP contribution in [-0.4, -0.2) is 24.2 Å². The van der Waals surface area contributed by atoms with Crippen molar-refractivity contribution >= 4 is 49.6 Å². The molecule has 0 saturated carbocycles. The third-order valence-electron chi connectivity index (χ3n) is 3.91. The van der Waals surface area contributed by atoms with E-state index in [-0.39, 0.29) is 11.3 Å². The lowest BCUT2D eigenvalue weighted by atomic mass is 9.92. The number of carbonyl (C=O) groups is 2. The van der Waals surface area contributed by atoms with Crippen molar-refractivity contribution < 1.29 is 19.4 Å². The molecule has 8 heteroatoms. The van der Waals surface area contributed by atoms with Crippen LogP contribution in [0.2, 0.25) is 0 Å². The Kier molecular flexibility index (Phi) is 5.33. The van der Waals surface area contributed by atoms with Crippen LogP contribution in [0.4, 0.5) is 4.79 Å². The van der Waals surface area contributed by atoms with Crippen molar-refractivity contribution in [3.63, 3.8) is 0 Å². The van der Waals surface area contributed by atoms with Crippen LogP contribution in [-0.2, 0) is 9.53 Å². The number of amides is 2. The van der Waals surface area contributed by atoms with Crippen LogP contribution >= 0.6 is 31.9 Å². The molecule has 26 heavy (non-hydrogen) atoms. The first-order chi connectivity index (χ1) is 12.4. The zero-order chi connectivity index (χ0) is 18.8. The predicted octanol–water partition coefficient (Wildman–Crippen LogP) is 3.86. The maximum absolute atomic E-state index is 12.5. The Bertz CT molecular complexity index is 890. The number of halogens is 2. The monoisotopic (exact) mass is 480 g/mol. The molecular formula is C18H14Br2N2O4. The summed E-state index contributed by atoms with van der Waals surface area (Å²) in [6.07, 6.45) is 0. The van der Waals surface area contributed by atoms with Gasteiger partial charge in [0.05, 0.1) is 33.4 Å². The number of rotatable bonds is 3. The molecule has 2 amide bonds. The van der Waals surface area contributed by atoms with Crippen molar-refractivity contribution in [1.82, 2.24) is 10.6 Å². The van der Waals surface area contributed by atoms with Gasteiger partial charge in [0.15, 0.2) is 0 Å². The van der Waals surface area contributed by atoms with E-state index in [1.807, 2.05) is 18.2 Å². The molecule has 2 aromatic rings. The molecule has 1 unspecified atom stereocenters. The Morgan fingerprint density at radius 1 is 1.15 bits per heavy atom. The highest BCUT2D eigenvalue weighted by molar-refractivity contribution is 9.11. The maximum Gasteiger partial charge on any atom is 0.338 e. The van der Waals surface area contributed by atoms with Crippen molar-refractivity contribution in [1.29, 1.82) is 0 Å². The SMILES string of the molecule is COC(=O)C1=C(c2ccccc2)NC(=O)NC1c1cc(Br)c(O)c(Br)c1. The van der Waals surface area contributed by atoms with Crippen LogP contribution in [0.1, 0.15) is 17.2 Å². The number of benzene rings is 2. The number of ether oxygens (including phenoxy) is 1. The largest absolute Gasteiger partial charge is 0.506 e. The van der Waals surface area contributed by atoms with Crippen molar-refractivity contribution in [2.45, 2.75) is 6.04 Å². The second-order valence-electron chi connectivity index (χ2n) is 5.51. The van der Waals surface area contributed by atoms with Gasteiger partial charge in [0, 0.05) is 0 Å². The van der Waals surface area contributed by atoms with Gasteiger partial charge in [-0.2, -0.15) is 0 Å². The van der Waals surface area contributed by atoms with Gasteiger partial charge < -0.3 is 20.5 Å². The highest BCUT2D eigenvalue weighted by Crippen LogP contribution is 2.38. The molecule has 134 valence electrons. The molecular weight excluding hydrogens is 468 g/mol. The Morgan fingerprint density at radius 3 is 2.35 bits per heavy atom. The van der Waals surface area contributed by atoms with E-state index in [2.05, 4.69) is 42.5 Å². The molecule has 0 aromatic heterocycles. The van der Waals surface area contributed by atoms with Crippen molar-refractivity contribution in [2.75, 3.05) is 7.11 Å². The minimum absolute atomic E-state index is 0.0286. The van der Waals surface area contributed by atoms with Gasteiger partial charge in [0.2, 0.25) is 0 Å². The Morgan fingerprint density at radius 2 is 1.77 bits per heavy atom. The number of carbonyl (C=O) groups excluding carboxylic acids is 2. The second-order valence-corrected chi connectivity index (χ2v) is 7.22. The van der Waals surface area contributed by atoms with Crippen LogP contribution in [0.5, 0.6) is 5.75 Å². The molecule has 3 N–H and O–H groups in total. The molecule has 1 atom stereocenters. The number of urea groups is 1. The van der Waals surface area contributed by atoms with Crippen LogP contribution in [0.3, 0.4) is 0 Å². The average molecular weight is 482 g/mol. The first-order valence-electron chi connectivity index (χ1n) is 7.55. The minimum atomic E-state index is -0.750. The molecule has 1 heterocycles. The number of methoxy groups -OCH3 is 1. The summed E-state index contributed by atoms with van der Waals surface area (Å²) >= 11 is 6.54. The van der Waals surface area contributed by atoms with Gasteiger partial charge in [-0.25, -0.2) is 9.59 Å². The zero-order valence-corrected chi connectivity index (χ0v) is 16.7. The average Bonchev–Trinajstić information content (AvgIpc) is 2.65. The number of aromatic hydroxyl groups is 1. The normalized spacial score (nSPS) is 16.7. The standard InChI is InChI=1S/C18H14Br2N2O4/c1-26-17(24)13-14(9-5-3-2-4-6-9)21-18(25)22-15(13)10-7-11(19)16(23)12(20)8-10/h2-8,15,23H,1H3,(H2,21,22,25). The molecule has 1 aliphatic rings. The highest BCUT2D eigenvalue weighted by Gasteiger charge is 2.34. The fourth-order valence-electron chi connectivity index (χ4n) is 2.73. The van der Waals surface area contributed by atoms with E-state index in [9.17, 15) is 14.7 Å². The number of phenolic OH excluding ortho intramolecular Hbond substituents is 1.